The Morgan fingerprint density at radius 1 is 0.640 bits per heavy atom. The van der Waals surface area contributed by atoms with Crippen molar-refractivity contribution in [2.45, 2.75) is 65.2 Å². The van der Waals surface area contributed by atoms with E-state index in [1.54, 1.807) is 0 Å². The van der Waals surface area contributed by atoms with E-state index in [-0.39, 0.29) is 10.8 Å². The molecule has 2 aliphatic rings. The number of halogens is 2. The van der Waals surface area contributed by atoms with E-state index in [0.29, 0.717) is 0 Å². The van der Waals surface area contributed by atoms with Crippen LogP contribution < -0.4 is 0 Å². The van der Waals surface area contributed by atoms with Crippen molar-refractivity contribution in [2.24, 2.45) is 0 Å². The number of hydrogen-bond acceptors (Lipinski definition) is 0. The molecule has 0 atom stereocenters. The Hall–Kier alpha value is -3.35. The standard InChI is InChI=1S/C21H12Cl2.C21H25.C5H5.Zr/c22-20-11-9-14(16-5-1-3-7-18(16)20)13-15-10-12-21(23)19-8-4-2-6-17(15)19;1-20(2,3)16-9-7-14-11-15-8-10-17(21(4,5)6)13-19(15)18(14)12-16;1-2-4-5-3-1;/h1-12H;7,9-10,12-13H,11H2,1-6H3;1-3H,4H2;/q;2*-1;+2. The number of hydrogen-bond donors (Lipinski definition) is 0. The van der Waals surface area contributed by atoms with Crippen molar-refractivity contribution in [3.8, 4) is 11.1 Å². The molecule has 0 fully saturated rings. The largest absolute Gasteiger partial charge is 0.273 e. The van der Waals surface area contributed by atoms with Gasteiger partial charge in [0.2, 0.25) is 0 Å². The van der Waals surface area contributed by atoms with Crippen molar-refractivity contribution >= 4 is 48.0 Å². The quantitative estimate of drug-likeness (QED) is 0.154. The summed E-state index contributed by atoms with van der Waals surface area (Å²) in [5.41, 5.74) is 11.2. The summed E-state index contributed by atoms with van der Waals surface area (Å²) in [4.78, 5) is 0. The first kappa shape index (κ1) is 36.4. The molecule has 0 bridgehead atoms. The second-order valence-corrected chi connectivity index (χ2v) is 17.0. The van der Waals surface area contributed by atoms with Gasteiger partial charge in [-0.1, -0.05) is 76.3 Å². The maximum absolute atomic E-state index is 6.38. The first-order chi connectivity index (χ1) is 23.8. The van der Waals surface area contributed by atoms with Crippen LogP contribution in [0.2, 0.25) is 10.0 Å². The molecular formula is C47H42Cl2Zr. The Bertz CT molecular complexity index is 2120. The molecule has 248 valence electrons. The Labute approximate surface area is 323 Å². The first-order valence-electron chi connectivity index (χ1n) is 17.2. The molecule has 0 amide bonds. The van der Waals surface area contributed by atoms with E-state index in [1.807, 2.05) is 36.4 Å². The predicted octanol–water partition coefficient (Wildman–Crippen LogP) is 13.4. The zero-order valence-electron chi connectivity index (χ0n) is 29.7. The van der Waals surface area contributed by atoms with Crippen LogP contribution in [0.4, 0.5) is 0 Å². The van der Waals surface area contributed by atoms with E-state index in [1.165, 1.54) is 82.7 Å². The summed E-state index contributed by atoms with van der Waals surface area (Å²) in [6.45, 7) is 13.6. The van der Waals surface area contributed by atoms with Gasteiger partial charge in [-0.2, -0.15) is 35.4 Å². The summed E-state index contributed by atoms with van der Waals surface area (Å²) in [5, 5.41) is 6.15. The van der Waals surface area contributed by atoms with Crippen molar-refractivity contribution < 1.29 is 24.2 Å². The summed E-state index contributed by atoms with van der Waals surface area (Å²) in [7, 11) is 0. The van der Waals surface area contributed by atoms with E-state index >= 15 is 0 Å². The number of allylic oxidation sites excluding steroid dienone is 4. The molecule has 8 rings (SSSR count). The third-order valence-electron chi connectivity index (χ3n) is 9.39. The van der Waals surface area contributed by atoms with Gasteiger partial charge >= 0.3 is 166 Å². The van der Waals surface area contributed by atoms with Crippen LogP contribution in [-0.4, -0.2) is 3.21 Å². The molecule has 0 saturated heterocycles. The van der Waals surface area contributed by atoms with Crippen LogP contribution in [0.1, 0.15) is 81.3 Å². The SMILES string of the molecule is CC(C)(C)c1c[c-]c2c(c1)-c1cc(C(C)(C)C)ccc1C2.Clc1ccc([C](=[Zr+2])c2ccc(Cl)c3ccccc23)c2ccccc12.[C-]1=CC=CC1. The van der Waals surface area contributed by atoms with Crippen LogP contribution >= 0.6 is 23.2 Å². The van der Waals surface area contributed by atoms with Crippen LogP contribution in [0.15, 0.2) is 121 Å². The van der Waals surface area contributed by atoms with Crippen molar-refractivity contribution in [1.29, 1.82) is 0 Å². The fourth-order valence-corrected chi connectivity index (χ4v) is 7.96. The van der Waals surface area contributed by atoms with Gasteiger partial charge < -0.3 is 0 Å². The number of fused-ring (bicyclic) bond motifs is 5. The molecule has 0 saturated carbocycles. The zero-order valence-corrected chi connectivity index (χ0v) is 33.7. The number of benzene rings is 6. The fraction of sp³-hybridized carbons (Fsp3) is 0.213. The van der Waals surface area contributed by atoms with Gasteiger partial charge in [0.25, 0.3) is 0 Å². The molecule has 0 nitrogen and oxygen atoms in total. The van der Waals surface area contributed by atoms with E-state index < -0.39 is 0 Å². The third kappa shape index (κ3) is 7.92. The molecule has 0 aromatic heterocycles. The van der Waals surface area contributed by atoms with Gasteiger partial charge in [0, 0.05) is 0 Å². The summed E-state index contributed by atoms with van der Waals surface area (Å²) in [6.07, 6.45) is 11.0. The van der Waals surface area contributed by atoms with Crippen molar-refractivity contribution in [3.63, 3.8) is 0 Å². The van der Waals surface area contributed by atoms with Gasteiger partial charge in [0.15, 0.2) is 0 Å². The molecule has 0 N–H and O–H groups in total. The van der Waals surface area contributed by atoms with Crippen LogP contribution in [0.5, 0.6) is 0 Å². The average molecular weight is 769 g/mol. The second kappa shape index (κ2) is 15.1. The van der Waals surface area contributed by atoms with Crippen molar-refractivity contribution in [2.75, 3.05) is 0 Å². The summed E-state index contributed by atoms with van der Waals surface area (Å²) >= 11 is 14.1. The average Bonchev–Trinajstić information content (AvgIpc) is 3.80. The Morgan fingerprint density at radius 2 is 1.18 bits per heavy atom. The minimum Gasteiger partial charge on any atom is -0.273 e. The van der Waals surface area contributed by atoms with Crippen LogP contribution in [-0.2, 0) is 41.5 Å². The Morgan fingerprint density at radius 3 is 1.66 bits per heavy atom. The molecule has 0 unspecified atom stereocenters. The maximum Gasteiger partial charge on any atom is -0.109 e. The molecule has 50 heavy (non-hydrogen) atoms. The number of rotatable bonds is 2. The van der Waals surface area contributed by atoms with Crippen LogP contribution in [0.3, 0.4) is 0 Å². The molecule has 0 spiro atoms. The van der Waals surface area contributed by atoms with E-state index in [9.17, 15) is 0 Å². The monoisotopic (exact) mass is 766 g/mol. The molecule has 6 aromatic rings. The van der Waals surface area contributed by atoms with Gasteiger partial charge in [0.05, 0.1) is 0 Å². The molecule has 0 heterocycles. The Balaban J connectivity index is 0.000000153. The topological polar surface area (TPSA) is 0 Å². The molecular weight excluding hydrogens is 727 g/mol. The minimum absolute atomic E-state index is 0.177. The van der Waals surface area contributed by atoms with E-state index in [0.717, 1.165) is 33.7 Å². The molecule has 2 aliphatic carbocycles. The molecule has 0 radical (unpaired) electrons. The summed E-state index contributed by atoms with van der Waals surface area (Å²) in [5.74, 6) is 0. The van der Waals surface area contributed by atoms with Gasteiger partial charge in [-0.15, -0.1) is 12.0 Å². The van der Waals surface area contributed by atoms with Gasteiger partial charge in [0.1, 0.15) is 0 Å². The van der Waals surface area contributed by atoms with Crippen molar-refractivity contribution in [1.82, 2.24) is 0 Å². The van der Waals surface area contributed by atoms with Gasteiger partial charge in [-0.3, -0.25) is 6.08 Å². The van der Waals surface area contributed by atoms with Crippen LogP contribution in [0.25, 0.3) is 32.7 Å². The summed E-state index contributed by atoms with van der Waals surface area (Å²) < 4.78 is 1.31. The van der Waals surface area contributed by atoms with E-state index in [2.05, 4.69) is 139 Å². The third-order valence-corrected chi connectivity index (χ3v) is 11.4. The van der Waals surface area contributed by atoms with Gasteiger partial charge in [-0.25, -0.2) is 12.2 Å². The van der Waals surface area contributed by atoms with Crippen molar-refractivity contribution in [3.05, 3.63) is 177 Å². The van der Waals surface area contributed by atoms with E-state index in [4.69, 9.17) is 23.2 Å². The smallest absolute Gasteiger partial charge is 0.109 e. The zero-order chi connectivity index (χ0) is 35.6. The maximum atomic E-state index is 6.38. The van der Waals surface area contributed by atoms with Crippen LogP contribution in [0, 0.1) is 12.1 Å². The van der Waals surface area contributed by atoms with Gasteiger partial charge in [-0.05, 0) is 17.4 Å². The Kier molecular flexibility index (Phi) is 11.0. The molecule has 0 aliphatic heterocycles. The minimum atomic E-state index is 0.177. The fourth-order valence-electron chi connectivity index (χ4n) is 6.43. The normalized spacial score (nSPS) is 13.0. The molecule has 6 aromatic carbocycles. The summed E-state index contributed by atoms with van der Waals surface area (Å²) in [6, 6.07) is 39.9. The molecule has 3 heteroatoms. The first-order valence-corrected chi connectivity index (χ1v) is 19.2. The predicted molar refractivity (Wildman–Crippen MR) is 214 cm³/mol. The second-order valence-electron chi connectivity index (χ2n) is 15.0.